The average molecular weight is 373 g/mol. The number of benzene rings is 2. The normalized spacial score (nSPS) is 12.4. The minimum absolute atomic E-state index is 0.243. The van der Waals surface area contributed by atoms with Gasteiger partial charge in [0.2, 0.25) is 0 Å². The summed E-state index contributed by atoms with van der Waals surface area (Å²) in [5.74, 6) is 0. The molecule has 0 amide bonds. The number of nitrogens with zero attached hydrogens (tertiary/aromatic N) is 3. The lowest BCUT2D eigenvalue weighted by molar-refractivity contribution is 0.537. The highest BCUT2D eigenvalue weighted by Gasteiger charge is 2.05. The summed E-state index contributed by atoms with van der Waals surface area (Å²) in [5, 5.41) is 8.39. The van der Waals surface area contributed by atoms with Crippen molar-refractivity contribution < 1.29 is 8.76 Å². The molecule has 2 aromatic rings. The Balaban J connectivity index is 2.03. The molecule has 26 heavy (non-hydrogen) atoms. The van der Waals surface area contributed by atoms with Crippen LogP contribution in [0, 0.1) is 0 Å². The number of anilines is 1. The summed E-state index contributed by atoms with van der Waals surface area (Å²) in [6.07, 6.45) is 4.76. The summed E-state index contributed by atoms with van der Waals surface area (Å²) in [7, 11) is 0. The monoisotopic (exact) mass is 372 g/mol. The summed E-state index contributed by atoms with van der Waals surface area (Å²) in [6.45, 7) is 6.57. The van der Waals surface area contributed by atoms with E-state index in [2.05, 4.69) is 41.1 Å². The maximum absolute atomic E-state index is 10.9. The van der Waals surface area contributed by atoms with E-state index in [9.17, 15) is 8.76 Å². The second-order valence-corrected chi connectivity index (χ2v) is 7.08. The Morgan fingerprint density at radius 2 is 1.31 bits per heavy atom. The van der Waals surface area contributed by atoms with Crippen LogP contribution in [0.5, 0.6) is 0 Å². The zero-order chi connectivity index (χ0) is 18.8. The predicted molar refractivity (Wildman–Crippen MR) is 106 cm³/mol. The largest absolute Gasteiger partial charge is 0.768 e. The zero-order valence-electron chi connectivity index (χ0n) is 15.4. The summed E-state index contributed by atoms with van der Waals surface area (Å²) in [4.78, 5) is 2.67. The van der Waals surface area contributed by atoms with Crippen LogP contribution in [0.3, 0.4) is 0 Å². The lowest BCUT2D eigenvalue weighted by Gasteiger charge is -2.24. The molecule has 5 nitrogen and oxygen atoms in total. The molecular formula is C20H26N3O2S-. The van der Waals surface area contributed by atoms with Crippen LogP contribution >= 0.6 is 0 Å². The third kappa shape index (κ3) is 6.35. The first kappa shape index (κ1) is 20.3. The molecule has 0 aromatic heterocycles. The molecule has 0 N–H and O–H groups in total. The van der Waals surface area contributed by atoms with E-state index in [1.165, 1.54) is 43.5 Å². The summed E-state index contributed by atoms with van der Waals surface area (Å²) in [6, 6.07) is 14.4. The fraction of sp³-hybridized carbons (Fsp3) is 0.400. The minimum atomic E-state index is -2.22. The van der Waals surface area contributed by atoms with Gasteiger partial charge in [-0.05, 0) is 72.5 Å². The van der Waals surface area contributed by atoms with Crippen molar-refractivity contribution in [2.75, 3.05) is 18.0 Å². The van der Waals surface area contributed by atoms with E-state index in [0.717, 1.165) is 18.8 Å². The van der Waals surface area contributed by atoms with Gasteiger partial charge in [0.1, 0.15) is 0 Å². The number of rotatable bonds is 10. The molecule has 1 unspecified atom stereocenters. The van der Waals surface area contributed by atoms with E-state index < -0.39 is 11.1 Å². The van der Waals surface area contributed by atoms with Gasteiger partial charge in [-0.3, -0.25) is 4.21 Å². The van der Waals surface area contributed by atoms with Crippen molar-refractivity contribution in [3.63, 3.8) is 0 Å². The summed E-state index contributed by atoms with van der Waals surface area (Å²) >= 11 is -2.22. The number of hydrogen-bond acceptors (Lipinski definition) is 5. The SMILES string of the molecule is CCCCN(CCCC)c1ccc(N=Nc2ccc(S(=O)[O-])cc2)cc1. The molecule has 0 fully saturated rings. The van der Waals surface area contributed by atoms with Crippen LogP contribution in [-0.4, -0.2) is 21.9 Å². The molecule has 0 saturated carbocycles. The topological polar surface area (TPSA) is 68.1 Å². The van der Waals surface area contributed by atoms with Crippen LogP contribution < -0.4 is 4.90 Å². The fourth-order valence-corrected chi connectivity index (χ4v) is 2.90. The van der Waals surface area contributed by atoms with Crippen molar-refractivity contribution in [3.05, 3.63) is 48.5 Å². The Labute approximate surface area is 158 Å². The third-order valence-corrected chi connectivity index (χ3v) is 4.75. The van der Waals surface area contributed by atoms with Crippen LogP contribution in [-0.2, 0) is 11.1 Å². The van der Waals surface area contributed by atoms with Crippen molar-refractivity contribution >= 4 is 28.1 Å². The van der Waals surface area contributed by atoms with Crippen LogP contribution in [0.4, 0.5) is 17.1 Å². The lowest BCUT2D eigenvalue weighted by atomic mass is 10.2. The molecule has 0 aliphatic carbocycles. The highest BCUT2D eigenvalue weighted by Crippen LogP contribution is 2.23. The first-order valence-electron chi connectivity index (χ1n) is 9.10. The second kappa shape index (κ2) is 10.8. The van der Waals surface area contributed by atoms with Crippen LogP contribution in [0.15, 0.2) is 63.7 Å². The molecule has 0 saturated heterocycles. The molecule has 0 heterocycles. The standard InChI is InChI=1S/C20H27N3O2S/c1-3-5-15-23(16-6-4-2)19-11-7-17(8-12-19)21-22-18-9-13-20(14-10-18)26(24)25/h7-14H,3-6,15-16H2,1-2H3,(H,24,25)/p-1. The third-order valence-electron chi connectivity index (χ3n) is 4.09. The van der Waals surface area contributed by atoms with E-state index in [-0.39, 0.29) is 4.90 Å². The first-order valence-corrected chi connectivity index (χ1v) is 10.2. The van der Waals surface area contributed by atoms with Crippen molar-refractivity contribution in [2.24, 2.45) is 10.2 Å². The maximum Gasteiger partial charge on any atom is 0.0858 e. The molecule has 0 aliphatic heterocycles. The van der Waals surface area contributed by atoms with Gasteiger partial charge in [-0.2, -0.15) is 10.2 Å². The van der Waals surface area contributed by atoms with E-state index in [1.54, 1.807) is 12.1 Å². The van der Waals surface area contributed by atoms with Crippen LogP contribution in [0.2, 0.25) is 0 Å². The Morgan fingerprint density at radius 1 is 0.846 bits per heavy atom. The first-order chi connectivity index (χ1) is 12.6. The van der Waals surface area contributed by atoms with Crippen molar-refractivity contribution in [2.45, 2.75) is 44.4 Å². The molecular weight excluding hydrogens is 346 g/mol. The lowest BCUT2D eigenvalue weighted by Crippen LogP contribution is -2.25. The Hall–Kier alpha value is -2.05. The number of hydrogen-bond donors (Lipinski definition) is 0. The molecule has 0 bridgehead atoms. The Morgan fingerprint density at radius 3 is 1.73 bits per heavy atom. The van der Waals surface area contributed by atoms with Crippen molar-refractivity contribution in [1.82, 2.24) is 0 Å². The number of unbranched alkanes of at least 4 members (excludes halogenated alkanes) is 2. The van der Waals surface area contributed by atoms with Gasteiger partial charge in [0, 0.05) is 23.7 Å². The maximum atomic E-state index is 10.9. The second-order valence-electron chi connectivity index (χ2n) is 6.14. The van der Waals surface area contributed by atoms with E-state index in [0.29, 0.717) is 5.69 Å². The molecule has 0 aliphatic rings. The van der Waals surface area contributed by atoms with Gasteiger partial charge in [0.25, 0.3) is 0 Å². The quantitative estimate of drug-likeness (QED) is 0.394. The summed E-state index contributed by atoms with van der Waals surface area (Å²) in [5.41, 5.74) is 2.61. The minimum Gasteiger partial charge on any atom is -0.768 e. The van der Waals surface area contributed by atoms with Crippen LogP contribution in [0.25, 0.3) is 0 Å². The predicted octanol–water partition coefficient (Wildman–Crippen LogP) is 5.75. The highest BCUT2D eigenvalue weighted by atomic mass is 32.2. The van der Waals surface area contributed by atoms with Gasteiger partial charge in [-0.1, -0.05) is 26.7 Å². The summed E-state index contributed by atoms with van der Waals surface area (Å²) < 4.78 is 21.7. The van der Waals surface area contributed by atoms with Gasteiger partial charge in [-0.25, -0.2) is 0 Å². The average Bonchev–Trinajstić information content (AvgIpc) is 2.67. The van der Waals surface area contributed by atoms with Crippen molar-refractivity contribution in [3.8, 4) is 0 Å². The zero-order valence-corrected chi connectivity index (χ0v) is 16.2. The Kier molecular flexibility index (Phi) is 8.44. The fourth-order valence-electron chi connectivity index (χ4n) is 2.54. The highest BCUT2D eigenvalue weighted by molar-refractivity contribution is 7.79. The smallest absolute Gasteiger partial charge is 0.0858 e. The van der Waals surface area contributed by atoms with Gasteiger partial charge >= 0.3 is 0 Å². The van der Waals surface area contributed by atoms with Gasteiger partial charge in [0.15, 0.2) is 0 Å². The molecule has 0 spiro atoms. The Bertz CT molecular complexity index is 707. The molecule has 2 rings (SSSR count). The molecule has 1 atom stereocenters. The van der Waals surface area contributed by atoms with E-state index in [4.69, 9.17) is 0 Å². The van der Waals surface area contributed by atoms with Gasteiger partial charge < -0.3 is 9.45 Å². The molecule has 140 valence electrons. The van der Waals surface area contributed by atoms with Crippen molar-refractivity contribution in [1.29, 1.82) is 0 Å². The molecule has 6 heteroatoms. The van der Waals surface area contributed by atoms with Gasteiger partial charge in [0.05, 0.1) is 11.4 Å². The molecule has 0 radical (unpaired) electrons. The van der Waals surface area contributed by atoms with Gasteiger partial charge in [-0.15, -0.1) is 0 Å². The molecule has 2 aromatic carbocycles. The van der Waals surface area contributed by atoms with E-state index >= 15 is 0 Å². The van der Waals surface area contributed by atoms with Crippen LogP contribution in [0.1, 0.15) is 39.5 Å². The van der Waals surface area contributed by atoms with E-state index in [1.807, 2.05) is 12.1 Å². The number of azo groups is 1.